The summed E-state index contributed by atoms with van der Waals surface area (Å²) < 4.78 is 73.0. The second-order valence-electron chi connectivity index (χ2n) is 11.3. The van der Waals surface area contributed by atoms with Crippen molar-refractivity contribution in [3.8, 4) is 0 Å². The van der Waals surface area contributed by atoms with Crippen molar-refractivity contribution in [3.05, 3.63) is 195 Å². The molecule has 0 saturated carbocycles. The van der Waals surface area contributed by atoms with Gasteiger partial charge in [-0.15, -0.1) is 33.4 Å². The Morgan fingerprint density at radius 2 is 0.533 bits per heavy atom. The summed E-state index contributed by atoms with van der Waals surface area (Å²) in [5, 5.41) is 0. The normalized spacial score (nSPS) is 26.4. The number of hydrogen-bond donors (Lipinski definition) is 0. The summed E-state index contributed by atoms with van der Waals surface area (Å²) in [5.41, 5.74) is -12.6. The van der Waals surface area contributed by atoms with E-state index in [9.17, 15) is 0 Å². The van der Waals surface area contributed by atoms with Gasteiger partial charge in [0.05, 0.1) is 34.2 Å². The van der Waals surface area contributed by atoms with E-state index >= 15 is 17.6 Å². The summed E-state index contributed by atoms with van der Waals surface area (Å²) in [7, 11) is 0. The van der Waals surface area contributed by atoms with Crippen molar-refractivity contribution < 1.29 is 37.7 Å². The van der Waals surface area contributed by atoms with Gasteiger partial charge in [0.2, 0.25) is 5.67 Å². The quantitative estimate of drug-likeness (QED) is 0.121. The molecular formula is C37H18F4IrN3. The van der Waals surface area contributed by atoms with E-state index in [0.29, 0.717) is 0 Å². The molecule has 3 nitrogen and oxygen atoms in total. The average molecular weight is 773 g/mol. The van der Waals surface area contributed by atoms with Crippen LogP contribution in [0.25, 0.3) is 0 Å². The van der Waals surface area contributed by atoms with Crippen LogP contribution in [-0.2, 0) is 42.8 Å². The summed E-state index contributed by atoms with van der Waals surface area (Å²) in [5.74, 6) is 0. The number of aromatic nitrogens is 3. The zero-order chi connectivity index (χ0) is 29.9. The molecule has 8 heteroatoms. The van der Waals surface area contributed by atoms with Crippen molar-refractivity contribution in [2.24, 2.45) is 0 Å². The topological polar surface area (TPSA) is 38.7 Å². The monoisotopic (exact) mass is 773 g/mol. The van der Waals surface area contributed by atoms with E-state index < -0.39 is 22.7 Å². The van der Waals surface area contributed by atoms with Gasteiger partial charge >= 0.3 is 20.1 Å². The van der Waals surface area contributed by atoms with Gasteiger partial charge in [-0.3, -0.25) is 0 Å². The molecule has 218 valence electrons. The predicted octanol–water partition coefficient (Wildman–Crippen LogP) is 7.26. The summed E-state index contributed by atoms with van der Waals surface area (Å²) in [6.45, 7) is 0. The second kappa shape index (κ2) is 9.25. The second-order valence-corrected chi connectivity index (χ2v) is 11.3. The van der Waals surface area contributed by atoms with Crippen LogP contribution in [0.3, 0.4) is 0 Å². The molecular weight excluding hydrogens is 755 g/mol. The van der Waals surface area contributed by atoms with Gasteiger partial charge in [0.15, 0.2) is 17.0 Å². The molecule has 45 heavy (non-hydrogen) atoms. The maximum absolute atomic E-state index is 18.3. The number of benzene rings is 3. The summed E-state index contributed by atoms with van der Waals surface area (Å²) in [6.07, 6.45) is 0. The molecule has 0 saturated heterocycles. The number of halogens is 4. The van der Waals surface area contributed by atoms with Crippen LogP contribution in [0, 0.1) is 18.2 Å². The van der Waals surface area contributed by atoms with Crippen molar-refractivity contribution >= 4 is 0 Å². The Bertz CT molecular complexity index is 1660. The Hall–Kier alpha value is -4.52. The minimum Gasteiger partial charge on any atom is -0.250 e. The largest absolute Gasteiger partial charge is 3.00 e. The van der Waals surface area contributed by atoms with Crippen molar-refractivity contribution in [2.45, 2.75) is 22.7 Å². The molecule has 0 amide bonds. The van der Waals surface area contributed by atoms with Crippen LogP contribution in [-0.4, -0.2) is 15.0 Å². The van der Waals surface area contributed by atoms with Crippen LogP contribution in [0.15, 0.2) is 109 Å². The standard InChI is InChI=1S/C37H18F4N3.Ir/c38-34-22-7-1-8-23(19-22)35(39)25-10-3-12-27(21-25)36(40,26-11-2-9-24(34)20-26)30-15-6-18-33(44-30)37(41,31-16-4-13-28(34)42-31)32-17-5-14-29(35)43-32;/h1-18H;/q-3;+3. The van der Waals surface area contributed by atoms with Crippen LogP contribution < -0.4 is 0 Å². The van der Waals surface area contributed by atoms with Gasteiger partial charge < -0.3 is 0 Å². The smallest absolute Gasteiger partial charge is 0.250 e. The fourth-order valence-corrected chi connectivity index (χ4v) is 6.72. The first-order valence-electron chi connectivity index (χ1n) is 14.1. The van der Waals surface area contributed by atoms with E-state index in [1.54, 1.807) is 0 Å². The van der Waals surface area contributed by atoms with Crippen LogP contribution in [0.5, 0.6) is 0 Å². The molecule has 1 aliphatic carbocycles. The molecule has 0 spiro atoms. The molecule has 6 heterocycles. The zero-order valence-electron chi connectivity index (χ0n) is 23.1. The predicted molar refractivity (Wildman–Crippen MR) is 153 cm³/mol. The number of pyridine rings is 3. The summed E-state index contributed by atoms with van der Waals surface area (Å²) >= 11 is 0. The van der Waals surface area contributed by atoms with Gasteiger partial charge in [-0.2, -0.15) is 72.8 Å². The van der Waals surface area contributed by atoms with Gasteiger partial charge in [-0.1, -0.05) is 18.2 Å². The van der Waals surface area contributed by atoms with Gasteiger partial charge in [0.25, 0.3) is 0 Å². The van der Waals surface area contributed by atoms with E-state index in [2.05, 4.69) is 33.2 Å². The average Bonchev–Trinajstić information content (AvgIpc) is 3.09. The molecule has 0 unspecified atom stereocenters. The van der Waals surface area contributed by atoms with Crippen LogP contribution in [0.1, 0.15) is 67.5 Å². The molecule has 0 atom stereocenters. The van der Waals surface area contributed by atoms with Crippen molar-refractivity contribution in [1.82, 2.24) is 15.0 Å². The third-order valence-corrected chi connectivity index (χ3v) is 8.98. The third kappa shape index (κ3) is 3.41. The molecule has 3 aromatic heterocycles. The Morgan fingerprint density at radius 1 is 0.333 bits per heavy atom. The van der Waals surface area contributed by atoms with Gasteiger partial charge in [-0.05, 0) is 36.4 Å². The molecule has 4 aliphatic rings. The fourth-order valence-electron chi connectivity index (χ4n) is 6.72. The van der Waals surface area contributed by atoms with Crippen molar-refractivity contribution in [3.63, 3.8) is 0 Å². The fraction of sp³-hybridized carbons (Fsp3) is 0.108. The van der Waals surface area contributed by atoms with E-state index in [-0.39, 0.29) is 87.6 Å². The first-order chi connectivity index (χ1) is 21.3. The molecule has 0 fully saturated rings. The Morgan fingerprint density at radius 3 is 0.778 bits per heavy atom. The van der Waals surface area contributed by atoms with E-state index in [1.165, 1.54) is 109 Å². The number of rotatable bonds is 0. The zero-order valence-corrected chi connectivity index (χ0v) is 25.5. The molecule has 0 N–H and O–H groups in total. The van der Waals surface area contributed by atoms with Crippen molar-refractivity contribution in [1.29, 1.82) is 0 Å². The van der Waals surface area contributed by atoms with E-state index in [1.807, 2.05) is 0 Å². The van der Waals surface area contributed by atoms with Crippen LogP contribution in [0.2, 0.25) is 0 Å². The Labute approximate surface area is 269 Å². The SMILES string of the molecule is FC12c3[c-]c(ccc3)C3(F)c4[c-]c(ccc4)C(F)(c4[c-]c1ccc4)c1cccc(n1)C(F)(c1cccc2n1)c1cccc3n1.[Ir+3]. The molecule has 3 aromatic carbocycles. The molecule has 16 bridgehead atoms. The van der Waals surface area contributed by atoms with E-state index in [0.717, 1.165) is 0 Å². The molecule has 6 aromatic rings. The summed E-state index contributed by atoms with van der Waals surface area (Å²) in [4.78, 5) is 13.8. The number of hydrogen-bond acceptors (Lipinski definition) is 3. The minimum absolute atomic E-state index is 0. The third-order valence-electron chi connectivity index (χ3n) is 8.98. The first-order valence-corrected chi connectivity index (χ1v) is 14.1. The molecule has 0 radical (unpaired) electrons. The van der Waals surface area contributed by atoms with Gasteiger partial charge in [0.1, 0.15) is 0 Å². The first kappa shape index (κ1) is 28.0. The van der Waals surface area contributed by atoms with Crippen LogP contribution >= 0.6 is 0 Å². The van der Waals surface area contributed by atoms with Gasteiger partial charge in [0, 0.05) is 0 Å². The van der Waals surface area contributed by atoms with Crippen molar-refractivity contribution in [2.75, 3.05) is 0 Å². The Kier molecular flexibility index (Phi) is 5.76. The minimum atomic E-state index is -2.73. The van der Waals surface area contributed by atoms with E-state index in [4.69, 9.17) is 0 Å². The number of alkyl halides is 4. The maximum atomic E-state index is 18.3. The van der Waals surface area contributed by atoms with Gasteiger partial charge in [-0.25, -0.2) is 32.5 Å². The summed E-state index contributed by atoms with van der Waals surface area (Å²) in [6, 6.07) is 35.3. The maximum Gasteiger partial charge on any atom is 3.00 e. The van der Waals surface area contributed by atoms with Crippen LogP contribution in [0.4, 0.5) is 17.6 Å². The number of nitrogens with zero attached hydrogens (tertiary/aromatic N) is 3. The molecule has 3 aliphatic heterocycles. The molecule has 10 rings (SSSR count). The Balaban J connectivity index is 0.00000300.